The van der Waals surface area contributed by atoms with Gasteiger partial charge in [0.15, 0.2) is 0 Å². The van der Waals surface area contributed by atoms with Crippen molar-refractivity contribution in [3.8, 4) is 0 Å². The third-order valence-corrected chi connectivity index (χ3v) is 2.36. The summed E-state index contributed by atoms with van der Waals surface area (Å²) < 4.78 is 0. The molecule has 0 radical (unpaired) electrons. The molecule has 1 amide bonds. The Hall–Kier alpha value is -1.98. The van der Waals surface area contributed by atoms with Crippen LogP contribution in [-0.2, 0) is 16.1 Å². The lowest BCUT2D eigenvalue weighted by Gasteiger charge is -2.09. The van der Waals surface area contributed by atoms with Crippen LogP contribution in [0.3, 0.4) is 0 Å². The monoisotopic (exact) mass is 251 g/mol. The van der Waals surface area contributed by atoms with Crippen molar-refractivity contribution in [1.82, 2.24) is 15.3 Å². The van der Waals surface area contributed by atoms with Crippen LogP contribution in [0.1, 0.15) is 31.3 Å². The Bertz CT molecular complexity index is 434. The number of carboxylic acid groups (broad SMARTS) is 1. The van der Waals surface area contributed by atoms with Gasteiger partial charge in [0.1, 0.15) is 5.82 Å². The van der Waals surface area contributed by atoms with Crippen LogP contribution in [0.4, 0.5) is 0 Å². The number of aromatic nitrogens is 2. The molecule has 1 aromatic heterocycles. The highest BCUT2D eigenvalue weighted by Gasteiger charge is 2.12. The molecule has 0 bridgehead atoms. The molecular formula is C12H17N3O3. The molecule has 1 atom stereocenters. The maximum absolute atomic E-state index is 11.5. The van der Waals surface area contributed by atoms with Crippen molar-refractivity contribution in [2.75, 3.05) is 0 Å². The summed E-state index contributed by atoms with van der Waals surface area (Å²) in [6.07, 6.45) is 1.84. The first kappa shape index (κ1) is 14.1. The fourth-order valence-corrected chi connectivity index (χ4v) is 1.55. The van der Waals surface area contributed by atoms with Crippen molar-refractivity contribution in [3.63, 3.8) is 0 Å². The van der Waals surface area contributed by atoms with Crippen LogP contribution in [-0.4, -0.2) is 27.0 Å². The van der Waals surface area contributed by atoms with Crippen molar-refractivity contribution in [3.05, 3.63) is 23.8 Å². The van der Waals surface area contributed by atoms with Gasteiger partial charge in [0.05, 0.1) is 12.2 Å². The van der Waals surface area contributed by atoms with E-state index in [0.29, 0.717) is 12.4 Å². The van der Waals surface area contributed by atoms with Crippen molar-refractivity contribution in [2.24, 2.45) is 5.92 Å². The summed E-state index contributed by atoms with van der Waals surface area (Å²) in [5, 5.41) is 11.3. The van der Waals surface area contributed by atoms with E-state index in [0.717, 1.165) is 5.69 Å². The highest BCUT2D eigenvalue weighted by Crippen LogP contribution is 2.07. The minimum absolute atomic E-state index is 0.0000349. The van der Waals surface area contributed by atoms with E-state index >= 15 is 0 Å². The summed E-state index contributed by atoms with van der Waals surface area (Å²) in [6.45, 7) is 3.85. The molecule has 0 aliphatic carbocycles. The molecule has 0 saturated carbocycles. The summed E-state index contributed by atoms with van der Waals surface area (Å²) in [5.41, 5.74) is 0.738. The number of aliphatic carboxylic acids is 1. The van der Waals surface area contributed by atoms with E-state index in [1.165, 1.54) is 0 Å². The van der Waals surface area contributed by atoms with Crippen LogP contribution < -0.4 is 5.32 Å². The fraction of sp³-hybridized carbons (Fsp3) is 0.500. The topological polar surface area (TPSA) is 92.2 Å². The standard InChI is InChI=1S/C12H17N3O3/c1-8(6-12(17)18)5-11(16)14-7-10-3-4-13-9(2)15-10/h3-4,8H,5-7H2,1-2H3,(H,14,16)(H,17,18). The Balaban J connectivity index is 2.35. The van der Waals surface area contributed by atoms with Gasteiger partial charge >= 0.3 is 5.97 Å². The molecule has 98 valence electrons. The maximum Gasteiger partial charge on any atom is 0.303 e. The summed E-state index contributed by atoms with van der Waals surface area (Å²) in [4.78, 5) is 30.1. The van der Waals surface area contributed by atoms with Gasteiger partial charge in [-0.3, -0.25) is 9.59 Å². The van der Waals surface area contributed by atoms with Crippen molar-refractivity contribution < 1.29 is 14.7 Å². The quantitative estimate of drug-likeness (QED) is 0.783. The first-order valence-corrected chi connectivity index (χ1v) is 5.74. The Morgan fingerprint density at radius 3 is 2.78 bits per heavy atom. The first-order valence-electron chi connectivity index (χ1n) is 5.74. The van der Waals surface area contributed by atoms with E-state index in [4.69, 9.17) is 5.11 Å². The average Bonchev–Trinajstić information content (AvgIpc) is 2.25. The van der Waals surface area contributed by atoms with Crippen molar-refractivity contribution in [1.29, 1.82) is 0 Å². The normalized spacial score (nSPS) is 11.9. The molecule has 18 heavy (non-hydrogen) atoms. The molecule has 0 spiro atoms. The largest absolute Gasteiger partial charge is 0.481 e. The predicted octanol–water partition coefficient (Wildman–Crippen LogP) is 0.902. The number of amides is 1. The van der Waals surface area contributed by atoms with Crippen LogP contribution in [0, 0.1) is 12.8 Å². The highest BCUT2D eigenvalue weighted by molar-refractivity contribution is 5.77. The second kappa shape index (κ2) is 6.68. The third kappa shape index (κ3) is 5.38. The van der Waals surface area contributed by atoms with Crippen LogP contribution >= 0.6 is 0 Å². The molecule has 0 fully saturated rings. The third-order valence-electron chi connectivity index (χ3n) is 2.36. The molecule has 0 aromatic carbocycles. The molecule has 1 aromatic rings. The van der Waals surface area contributed by atoms with Gasteiger partial charge in [-0.15, -0.1) is 0 Å². The molecule has 0 aliphatic heterocycles. The van der Waals surface area contributed by atoms with E-state index in [2.05, 4.69) is 15.3 Å². The summed E-state index contributed by atoms with van der Waals surface area (Å²) in [6, 6.07) is 1.73. The highest BCUT2D eigenvalue weighted by atomic mass is 16.4. The number of aryl methyl sites for hydroxylation is 1. The molecule has 6 heteroatoms. The van der Waals surface area contributed by atoms with Crippen LogP contribution in [0.25, 0.3) is 0 Å². The van der Waals surface area contributed by atoms with E-state index in [9.17, 15) is 9.59 Å². The number of rotatable bonds is 6. The minimum Gasteiger partial charge on any atom is -0.481 e. The Morgan fingerprint density at radius 2 is 2.17 bits per heavy atom. The Morgan fingerprint density at radius 1 is 1.44 bits per heavy atom. The zero-order valence-electron chi connectivity index (χ0n) is 10.5. The molecule has 2 N–H and O–H groups in total. The van der Waals surface area contributed by atoms with Gasteiger partial charge in [0.25, 0.3) is 0 Å². The summed E-state index contributed by atoms with van der Waals surface area (Å²) >= 11 is 0. The minimum atomic E-state index is -0.887. The van der Waals surface area contributed by atoms with Gasteiger partial charge in [0.2, 0.25) is 5.91 Å². The van der Waals surface area contributed by atoms with Crippen LogP contribution in [0.15, 0.2) is 12.3 Å². The molecule has 1 heterocycles. The van der Waals surface area contributed by atoms with E-state index in [1.807, 2.05) is 0 Å². The second-order valence-corrected chi connectivity index (χ2v) is 4.28. The lowest BCUT2D eigenvalue weighted by atomic mass is 10.0. The van der Waals surface area contributed by atoms with E-state index in [-0.39, 0.29) is 24.7 Å². The number of hydrogen-bond donors (Lipinski definition) is 2. The first-order chi connectivity index (χ1) is 8.47. The Kier molecular flexibility index (Phi) is 5.23. The predicted molar refractivity (Wildman–Crippen MR) is 64.6 cm³/mol. The van der Waals surface area contributed by atoms with E-state index < -0.39 is 5.97 Å². The van der Waals surface area contributed by atoms with Gasteiger partial charge in [-0.2, -0.15) is 0 Å². The van der Waals surface area contributed by atoms with Gasteiger partial charge < -0.3 is 10.4 Å². The molecule has 1 rings (SSSR count). The summed E-state index contributed by atoms with van der Waals surface area (Å²) in [7, 11) is 0. The van der Waals surface area contributed by atoms with Gasteiger partial charge in [0, 0.05) is 19.0 Å². The van der Waals surface area contributed by atoms with Gasteiger partial charge in [-0.25, -0.2) is 9.97 Å². The number of nitrogens with zero attached hydrogens (tertiary/aromatic N) is 2. The van der Waals surface area contributed by atoms with Gasteiger partial charge in [-0.1, -0.05) is 6.92 Å². The van der Waals surface area contributed by atoms with Crippen molar-refractivity contribution >= 4 is 11.9 Å². The number of carbonyl (C=O) groups is 2. The molecule has 0 aliphatic rings. The van der Waals surface area contributed by atoms with E-state index in [1.54, 1.807) is 26.1 Å². The molecule has 1 unspecified atom stereocenters. The lowest BCUT2D eigenvalue weighted by Crippen LogP contribution is -2.25. The SMILES string of the molecule is Cc1nccc(CNC(=O)CC(C)CC(=O)O)n1. The molecular weight excluding hydrogens is 234 g/mol. The summed E-state index contributed by atoms with van der Waals surface area (Å²) in [5.74, 6) is -0.572. The zero-order valence-corrected chi connectivity index (χ0v) is 10.5. The zero-order chi connectivity index (χ0) is 13.5. The van der Waals surface area contributed by atoms with Crippen LogP contribution in [0.5, 0.6) is 0 Å². The molecule has 6 nitrogen and oxygen atoms in total. The molecule has 0 saturated heterocycles. The number of nitrogens with one attached hydrogen (secondary N) is 1. The van der Waals surface area contributed by atoms with Crippen LogP contribution in [0.2, 0.25) is 0 Å². The number of carbonyl (C=O) groups excluding carboxylic acids is 1. The average molecular weight is 251 g/mol. The number of hydrogen-bond acceptors (Lipinski definition) is 4. The van der Waals surface area contributed by atoms with Crippen molar-refractivity contribution in [2.45, 2.75) is 33.2 Å². The number of carboxylic acids is 1. The maximum atomic E-state index is 11.5. The smallest absolute Gasteiger partial charge is 0.303 e. The lowest BCUT2D eigenvalue weighted by molar-refractivity contribution is -0.138. The fourth-order valence-electron chi connectivity index (χ4n) is 1.55. The second-order valence-electron chi connectivity index (χ2n) is 4.28. The Labute approximate surface area is 105 Å². The van der Waals surface area contributed by atoms with Gasteiger partial charge in [-0.05, 0) is 18.9 Å².